The number of nitrogens with zero attached hydrogens (tertiary/aromatic N) is 2. The minimum atomic E-state index is -0.361. The summed E-state index contributed by atoms with van der Waals surface area (Å²) in [6.07, 6.45) is 0. The van der Waals surface area contributed by atoms with Crippen LogP contribution in [0.5, 0.6) is 0 Å². The van der Waals surface area contributed by atoms with Crippen LogP contribution in [0.2, 0.25) is 0 Å². The minimum absolute atomic E-state index is 0.176. The summed E-state index contributed by atoms with van der Waals surface area (Å²) in [5, 5.41) is 2.93. The van der Waals surface area contributed by atoms with Gasteiger partial charge in [-0.1, -0.05) is 6.07 Å². The highest BCUT2D eigenvalue weighted by molar-refractivity contribution is 6.06. The molecule has 0 fully saturated rings. The Kier molecular flexibility index (Phi) is 4.52. The van der Waals surface area contributed by atoms with E-state index >= 15 is 0 Å². The fourth-order valence-corrected chi connectivity index (χ4v) is 2.16. The van der Waals surface area contributed by atoms with Gasteiger partial charge in [-0.2, -0.15) is 0 Å². The summed E-state index contributed by atoms with van der Waals surface area (Å²) in [5.41, 5.74) is 1.82. The van der Waals surface area contributed by atoms with E-state index in [2.05, 4.69) is 10.3 Å². The molecule has 1 aromatic heterocycles. The van der Waals surface area contributed by atoms with E-state index in [-0.39, 0.29) is 11.7 Å². The van der Waals surface area contributed by atoms with E-state index in [0.717, 1.165) is 5.69 Å². The molecule has 1 heterocycles. The van der Waals surface area contributed by atoms with Crippen molar-refractivity contribution in [3.63, 3.8) is 0 Å². The zero-order valence-corrected chi connectivity index (χ0v) is 12.4. The number of anilines is 2. The molecule has 1 aromatic carbocycles. The standard InChI is InChI=1S/C16H18FN3O/c1-4-20(14-7-5-6-13(17)10-14)16(21)12-8-11(2)19-15(9-12)18-3/h5-10H,4H2,1-3H3,(H,18,19). The number of rotatable bonds is 4. The first-order valence-electron chi connectivity index (χ1n) is 6.79. The fourth-order valence-electron chi connectivity index (χ4n) is 2.16. The number of carbonyl (C=O) groups is 1. The molecule has 0 radical (unpaired) electrons. The molecule has 0 saturated carbocycles. The Morgan fingerprint density at radius 1 is 1.33 bits per heavy atom. The third-order valence-corrected chi connectivity index (χ3v) is 3.14. The van der Waals surface area contributed by atoms with Crippen LogP contribution in [0, 0.1) is 12.7 Å². The SMILES string of the molecule is CCN(C(=O)c1cc(C)nc(NC)c1)c1cccc(F)c1. The van der Waals surface area contributed by atoms with Gasteiger partial charge in [0.05, 0.1) is 0 Å². The summed E-state index contributed by atoms with van der Waals surface area (Å²) in [6, 6.07) is 9.45. The van der Waals surface area contributed by atoms with E-state index in [1.165, 1.54) is 17.0 Å². The molecule has 0 atom stereocenters. The van der Waals surface area contributed by atoms with Crippen LogP contribution in [-0.2, 0) is 0 Å². The second kappa shape index (κ2) is 6.35. The molecule has 0 saturated heterocycles. The van der Waals surface area contributed by atoms with E-state index in [9.17, 15) is 9.18 Å². The van der Waals surface area contributed by atoms with Crippen LogP contribution in [-0.4, -0.2) is 24.5 Å². The molecule has 0 unspecified atom stereocenters. The lowest BCUT2D eigenvalue weighted by Crippen LogP contribution is -2.30. The van der Waals surface area contributed by atoms with Crippen LogP contribution < -0.4 is 10.2 Å². The van der Waals surface area contributed by atoms with E-state index in [1.807, 2.05) is 13.8 Å². The molecule has 0 aliphatic rings. The molecule has 110 valence electrons. The molecule has 4 nitrogen and oxygen atoms in total. The van der Waals surface area contributed by atoms with Gasteiger partial charge >= 0.3 is 0 Å². The van der Waals surface area contributed by atoms with Gasteiger partial charge in [0.15, 0.2) is 0 Å². The maximum Gasteiger partial charge on any atom is 0.258 e. The van der Waals surface area contributed by atoms with Gasteiger partial charge in [0, 0.05) is 30.5 Å². The Morgan fingerprint density at radius 2 is 2.10 bits per heavy atom. The third-order valence-electron chi connectivity index (χ3n) is 3.14. The highest BCUT2D eigenvalue weighted by atomic mass is 19.1. The number of benzene rings is 1. The molecule has 0 bridgehead atoms. The van der Waals surface area contributed by atoms with Crippen LogP contribution >= 0.6 is 0 Å². The maximum atomic E-state index is 13.4. The molecule has 2 aromatic rings. The van der Waals surface area contributed by atoms with Crippen molar-refractivity contribution in [1.82, 2.24) is 4.98 Å². The van der Waals surface area contributed by atoms with Crippen LogP contribution in [0.1, 0.15) is 23.0 Å². The highest BCUT2D eigenvalue weighted by Gasteiger charge is 2.17. The molecule has 1 N–H and O–H groups in total. The Labute approximate surface area is 123 Å². The second-order valence-corrected chi connectivity index (χ2v) is 4.66. The summed E-state index contributed by atoms with van der Waals surface area (Å²) in [4.78, 5) is 18.5. The van der Waals surface area contributed by atoms with Crippen molar-refractivity contribution in [3.05, 3.63) is 53.5 Å². The molecule has 0 aliphatic carbocycles. The molecule has 21 heavy (non-hydrogen) atoms. The first kappa shape index (κ1) is 15.0. The first-order chi connectivity index (χ1) is 10.0. The number of hydrogen-bond acceptors (Lipinski definition) is 3. The number of aromatic nitrogens is 1. The third kappa shape index (κ3) is 3.37. The van der Waals surface area contributed by atoms with E-state index < -0.39 is 0 Å². The number of amides is 1. The van der Waals surface area contributed by atoms with Crippen molar-refractivity contribution in [3.8, 4) is 0 Å². The molecular weight excluding hydrogens is 269 g/mol. The first-order valence-corrected chi connectivity index (χ1v) is 6.79. The molecule has 0 spiro atoms. The largest absolute Gasteiger partial charge is 0.373 e. The van der Waals surface area contributed by atoms with Gasteiger partial charge in [0.25, 0.3) is 5.91 Å². The van der Waals surface area contributed by atoms with Crippen molar-refractivity contribution < 1.29 is 9.18 Å². The summed E-state index contributed by atoms with van der Waals surface area (Å²) in [6.45, 7) is 4.14. The Morgan fingerprint density at radius 3 is 2.71 bits per heavy atom. The summed E-state index contributed by atoms with van der Waals surface area (Å²) in [5.74, 6) is 0.0966. The molecule has 0 aliphatic heterocycles. The fraction of sp³-hybridized carbons (Fsp3) is 0.250. The number of pyridine rings is 1. The zero-order chi connectivity index (χ0) is 15.4. The van der Waals surface area contributed by atoms with Crippen molar-refractivity contribution in [2.24, 2.45) is 0 Å². The maximum absolute atomic E-state index is 13.4. The van der Waals surface area contributed by atoms with E-state index in [4.69, 9.17) is 0 Å². The van der Waals surface area contributed by atoms with Gasteiger partial charge in [0.1, 0.15) is 11.6 Å². The van der Waals surface area contributed by atoms with Gasteiger partial charge in [-0.25, -0.2) is 9.37 Å². The Balaban J connectivity index is 2.39. The van der Waals surface area contributed by atoms with Crippen LogP contribution in [0.3, 0.4) is 0 Å². The van der Waals surface area contributed by atoms with Gasteiger partial charge in [0.2, 0.25) is 0 Å². The highest BCUT2D eigenvalue weighted by Crippen LogP contribution is 2.19. The monoisotopic (exact) mass is 287 g/mol. The number of carbonyl (C=O) groups excluding carboxylic acids is 1. The molecular formula is C16H18FN3O. The van der Waals surface area contributed by atoms with Gasteiger partial charge < -0.3 is 10.2 Å². The van der Waals surface area contributed by atoms with Gasteiger partial charge in [-0.15, -0.1) is 0 Å². The van der Waals surface area contributed by atoms with Gasteiger partial charge in [-0.05, 0) is 44.2 Å². The van der Waals surface area contributed by atoms with Gasteiger partial charge in [-0.3, -0.25) is 4.79 Å². The van der Waals surface area contributed by atoms with Crippen molar-refractivity contribution in [2.75, 3.05) is 23.8 Å². The average molecular weight is 287 g/mol. The number of hydrogen-bond donors (Lipinski definition) is 1. The van der Waals surface area contributed by atoms with Crippen molar-refractivity contribution in [2.45, 2.75) is 13.8 Å². The normalized spacial score (nSPS) is 10.3. The molecule has 1 amide bonds. The second-order valence-electron chi connectivity index (χ2n) is 4.66. The van der Waals surface area contributed by atoms with Crippen LogP contribution in [0.15, 0.2) is 36.4 Å². The molecule has 5 heteroatoms. The molecule has 2 rings (SSSR count). The predicted molar refractivity (Wildman–Crippen MR) is 82.3 cm³/mol. The van der Waals surface area contributed by atoms with E-state index in [1.54, 1.807) is 31.3 Å². The number of nitrogens with one attached hydrogen (secondary N) is 1. The van der Waals surface area contributed by atoms with Crippen molar-refractivity contribution in [1.29, 1.82) is 0 Å². The number of aryl methyl sites for hydroxylation is 1. The topological polar surface area (TPSA) is 45.2 Å². The predicted octanol–water partition coefficient (Wildman–Crippen LogP) is 3.24. The summed E-state index contributed by atoms with van der Waals surface area (Å²) < 4.78 is 13.4. The Bertz CT molecular complexity index is 658. The zero-order valence-electron chi connectivity index (χ0n) is 12.4. The number of halogens is 1. The van der Waals surface area contributed by atoms with Crippen LogP contribution in [0.4, 0.5) is 15.9 Å². The quantitative estimate of drug-likeness (QED) is 0.939. The van der Waals surface area contributed by atoms with E-state index in [0.29, 0.717) is 23.6 Å². The average Bonchev–Trinajstić information content (AvgIpc) is 2.47. The summed E-state index contributed by atoms with van der Waals surface area (Å²) >= 11 is 0. The smallest absolute Gasteiger partial charge is 0.258 e. The summed E-state index contributed by atoms with van der Waals surface area (Å²) in [7, 11) is 1.75. The lowest BCUT2D eigenvalue weighted by atomic mass is 10.1. The van der Waals surface area contributed by atoms with Crippen LogP contribution in [0.25, 0.3) is 0 Å². The minimum Gasteiger partial charge on any atom is -0.373 e. The Hall–Kier alpha value is -2.43. The van der Waals surface area contributed by atoms with Crippen molar-refractivity contribution >= 4 is 17.4 Å². The lowest BCUT2D eigenvalue weighted by molar-refractivity contribution is 0.0988. The lowest BCUT2D eigenvalue weighted by Gasteiger charge is -2.21.